The zero-order valence-corrected chi connectivity index (χ0v) is 14.3. The fraction of sp³-hybridized carbons (Fsp3) is 0.579. The Hall–Kier alpha value is -1.88. The normalized spacial score (nSPS) is 21.8. The third-order valence-electron chi connectivity index (χ3n) is 5.02. The van der Waals surface area contributed by atoms with Crippen LogP contribution < -0.4 is 16.0 Å². The summed E-state index contributed by atoms with van der Waals surface area (Å²) in [6, 6.07) is 8.13. The molecule has 1 heterocycles. The predicted molar refractivity (Wildman–Crippen MR) is 94.6 cm³/mol. The van der Waals surface area contributed by atoms with Crippen LogP contribution in [-0.2, 0) is 16.0 Å². The number of carbonyl (C=O) groups is 2. The highest BCUT2D eigenvalue weighted by atomic mass is 16.2. The number of nitrogens with one attached hydrogen (secondary N) is 1. The van der Waals surface area contributed by atoms with E-state index in [1.165, 1.54) is 18.4 Å². The molecule has 1 aromatic carbocycles. The third-order valence-corrected chi connectivity index (χ3v) is 5.02. The van der Waals surface area contributed by atoms with Gasteiger partial charge in [0.05, 0.1) is 5.92 Å². The quantitative estimate of drug-likeness (QED) is 0.801. The third kappa shape index (κ3) is 3.96. The van der Waals surface area contributed by atoms with Crippen LogP contribution in [0.5, 0.6) is 0 Å². The zero-order valence-electron chi connectivity index (χ0n) is 14.3. The first-order valence-electron chi connectivity index (χ1n) is 9.01. The Balaban J connectivity index is 1.55. The molecule has 1 saturated carbocycles. The predicted octanol–water partition coefficient (Wildman–Crippen LogP) is 1.85. The van der Waals surface area contributed by atoms with Crippen LogP contribution in [0.15, 0.2) is 24.3 Å². The van der Waals surface area contributed by atoms with Gasteiger partial charge in [0.25, 0.3) is 0 Å². The van der Waals surface area contributed by atoms with Gasteiger partial charge in [-0.3, -0.25) is 9.59 Å². The highest BCUT2D eigenvalue weighted by Gasteiger charge is 2.36. The summed E-state index contributed by atoms with van der Waals surface area (Å²) in [5.41, 5.74) is 8.17. The van der Waals surface area contributed by atoms with Crippen LogP contribution >= 0.6 is 0 Å². The summed E-state index contributed by atoms with van der Waals surface area (Å²) >= 11 is 0. The summed E-state index contributed by atoms with van der Waals surface area (Å²) in [6.45, 7) is 3.12. The van der Waals surface area contributed by atoms with Crippen molar-refractivity contribution in [2.24, 2.45) is 17.6 Å². The molecule has 5 nitrogen and oxygen atoms in total. The van der Waals surface area contributed by atoms with Gasteiger partial charge in [0, 0.05) is 31.2 Å². The Morgan fingerprint density at radius 3 is 2.67 bits per heavy atom. The number of hydrogen-bond acceptors (Lipinski definition) is 3. The van der Waals surface area contributed by atoms with Crippen molar-refractivity contribution in [2.45, 2.75) is 45.1 Å². The van der Waals surface area contributed by atoms with Gasteiger partial charge < -0.3 is 16.0 Å². The van der Waals surface area contributed by atoms with Crippen LogP contribution in [0, 0.1) is 11.8 Å². The minimum Gasteiger partial charge on any atom is -0.354 e. The second-order valence-electron chi connectivity index (χ2n) is 7.07. The Morgan fingerprint density at radius 2 is 2.04 bits per heavy atom. The van der Waals surface area contributed by atoms with Gasteiger partial charge in [0.2, 0.25) is 11.8 Å². The summed E-state index contributed by atoms with van der Waals surface area (Å²) in [5.74, 6) is 0.252. The van der Waals surface area contributed by atoms with Crippen LogP contribution in [0.3, 0.4) is 0 Å². The average molecular weight is 329 g/mol. The number of benzene rings is 1. The van der Waals surface area contributed by atoms with Crippen molar-refractivity contribution in [3.8, 4) is 0 Å². The van der Waals surface area contributed by atoms with Crippen LogP contribution in [0.25, 0.3) is 0 Å². The first kappa shape index (κ1) is 17.0. The van der Waals surface area contributed by atoms with E-state index in [1.54, 1.807) is 4.90 Å². The number of nitrogens with two attached hydrogens (primary N) is 1. The van der Waals surface area contributed by atoms with Crippen LogP contribution in [0.1, 0.15) is 38.2 Å². The van der Waals surface area contributed by atoms with Gasteiger partial charge in [-0.2, -0.15) is 0 Å². The number of rotatable bonds is 7. The van der Waals surface area contributed by atoms with Gasteiger partial charge in [-0.1, -0.05) is 25.5 Å². The van der Waals surface area contributed by atoms with E-state index in [1.807, 2.05) is 12.1 Å². The number of hydrogen-bond donors (Lipinski definition) is 2. The molecule has 130 valence electrons. The highest BCUT2D eigenvalue weighted by Crippen LogP contribution is 2.31. The molecule has 5 heteroatoms. The van der Waals surface area contributed by atoms with Gasteiger partial charge in [0.15, 0.2) is 0 Å². The van der Waals surface area contributed by atoms with E-state index in [9.17, 15) is 9.59 Å². The summed E-state index contributed by atoms with van der Waals surface area (Å²) in [7, 11) is 0. The summed E-state index contributed by atoms with van der Waals surface area (Å²) in [6.07, 6.45) is 4.76. The van der Waals surface area contributed by atoms with Crippen LogP contribution in [0.2, 0.25) is 0 Å². The first-order valence-corrected chi connectivity index (χ1v) is 9.01. The van der Waals surface area contributed by atoms with Gasteiger partial charge in [-0.05, 0) is 42.9 Å². The van der Waals surface area contributed by atoms with Gasteiger partial charge in [-0.25, -0.2) is 0 Å². The smallest absolute Gasteiger partial charge is 0.227 e. The molecule has 2 unspecified atom stereocenters. The first-order chi connectivity index (χ1) is 11.6. The van der Waals surface area contributed by atoms with Crippen molar-refractivity contribution in [3.05, 3.63) is 29.8 Å². The second kappa shape index (κ2) is 7.34. The molecule has 24 heavy (non-hydrogen) atoms. The van der Waals surface area contributed by atoms with Crippen molar-refractivity contribution in [1.29, 1.82) is 0 Å². The Morgan fingerprint density at radius 1 is 1.33 bits per heavy atom. The zero-order chi connectivity index (χ0) is 17.1. The standard InChI is InChI=1S/C19H27N3O2/c1-2-3-13-4-8-16(9-5-13)22-12-15(10-18(22)23)19(24)21-11-17(20)14-6-7-14/h4-5,8-9,14-15,17H,2-3,6-7,10-12,20H2,1H3,(H,21,24). The largest absolute Gasteiger partial charge is 0.354 e. The van der Waals surface area contributed by atoms with Gasteiger partial charge in [0.1, 0.15) is 0 Å². The average Bonchev–Trinajstić information content (AvgIpc) is 3.36. The number of aryl methyl sites for hydroxylation is 1. The fourth-order valence-corrected chi connectivity index (χ4v) is 3.32. The molecule has 1 saturated heterocycles. The maximum absolute atomic E-state index is 12.3. The van der Waals surface area contributed by atoms with Crippen molar-refractivity contribution >= 4 is 17.5 Å². The van der Waals surface area contributed by atoms with E-state index < -0.39 is 0 Å². The van der Waals surface area contributed by atoms with Crippen molar-refractivity contribution in [3.63, 3.8) is 0 Å². The highest BCUT2D eigenvalue weighted by molar-refractivity contribution is 6.00. The molecule has 0 spiro atoms. The molecule has 2 aliphatic rings. The maximum Gasteiger partial charge on any atom is 0.227 e. The fourth-order valence-electron chi connectivity index (χ4n) is 3.32. The Kier molecular flexibility index (Phi) is 5.19. The van der Waals surface area contributed by atoms with Crippen LogP contribution in [-0.4, -0.2) is 30.9 Å². The lowest BCUT2D eigenvalue weighted by Crippen LogP contribution is -2.41. The minimum atomic E-state index is -0.278. The molecule has 1 aromatic rings. The van der Waals surface area contributed by atoms with Gasteiger partial charge >= 0.3 is 0 Å². The van der Waals surface area contributed by atoms with Crippen molar-refractivity contribution in [2.75, 3.05) is 18.0 Å². The van der Waals surface area contributed by atoms with E-state index in [0.717, 1.165) is 18.5 Å². The second-order valence-corrected chi connectivity index (χ2v) is 7.07. The molecule has 3 rings (SSSR count). The molecule has 0 aromatic heterocycles. The molecular weight excluding hydrogens is 302 g/mol. The lowest BCUT2D eigenvalue weighted by atomic mass is 10.1. The van der Waals surface area contributed by atoms with E-state index in [-0.39, 0.29) is 30.2 Å². The van der Waals surface area contributed by atoms with Gasteiger partial charge in [-0.15, -0.1) is 0 Å². The topological polar surface area (TPSA) is 75.4 Å². The molecule has 0 bridgehead atoms. The SMILES string of the molecule is CCCc1ccc(N2CC(C(=O)NCC(N)C3CC3)CC2=O)cc1. The summed E-state index contributed by atoms with van der Waals surface area (Å²) in [5, 5.41) is 2.92. The number of nitrogens with zero attached hydrogens (tertiary/aromatic N) is 1. The summed E-state index contributed by atoms with van der Waals surface area (Å²) in [4.78, 5) is 26.3. The molecule has 0 radical (unpaired) electrons. The number of amides is 2. The summed E-state index contributed by atoms with van der Waals surface area (Å²) < 4.78 is 0. The maximum atomic E-state index is 12.3. The van der Waals surface area contributed by atoms with Crippen LogP contribution in [0.4, 0.5) is 5.69 Å². The monoisotopic (exact) mass is 329 g/mol. The molecule has 2 fully saturated rings. The van der Waals surface area contributed by atoms with E-state index in [4.69, 9.17) is 5.73 Å². The molecule has 1 aliphatic carbocycles. The number of anilines is 1. The van der Waals surface area contributed by atoms with Crippen molar-refractivity contribution < 1.29 is 9.59 Å². The molecule has 1 aliphatic heterocycles. The number of carbonyl (C=O) groups excluding carboxylic acids is 2. The van der Waals surface area contributed by atoms with E-state index in [0.29, 0.717) is 19.0 Å². The lowest BCUT2D eigenvalue weighted by Gasteiger charge is -2.18. The molecule has 3 N–H and O–H groups in total. The lowest BCUT2D eigenvalue weighted by molar-refractivity contribution is -0.126. The van der Waals surface area contributed by atoms with Crippen molar-refractivity contribution in [1.82, 2.24) is 5.32 Å². The van der Waals surface area contributed by atoms with E-state index >= 15 is 0 Å². The molecule has 2 amide bonds. The minimum absolute atomic E-state index is 0.0184. The molecular formula is C19H27N3O2. The van der Waals surface area contributed by atoms with E-state index in [2.05, 4.69) is 24.4 Å². The Labute approximate surface area is 143 Å². The Bertz CT molecular complexity index is 595. The molecule has 2 atom stereocenters.